The molecule has 1 amide bonds. The summed E-state index contributed by atoms with van der Waals surface area (Å²) in [5, 5.41) is 21.9. The van der Waals surface area contributed by atoms with E-state index < -0.39 is 11.7 Å². The standard InChI is InChI=1S/C25H19FN4O3/c1-2-32-24-12-18(8-10-23(24)33-16-20-6-4-3-5-19(20)14-28)15-29-30-25(31)21-9-7-17(13-27)11-22(21)26/h3-12,15H,2,16H2,1H3,(H,30,31). The van der Waals surface area contributed by atoms with Crippen molar-refractivity contribution >= 4 is 12.1 Å². The largest absolute Gasteiger partial charge is 0.490 e. The van der Waals surface area contributed by atoms with Crippen molar-refractivity contribution in [2.45, 2.75) is 13.5 Å². The Hall–Kier alpha value is -4.69. The van der Waals surface area contributed by atoms with Crippen LogP contribution in [0.25, 0.3) is 0 Å². The Morgan fingerprint density at radius 3 is 2.61 bits per heavy atom. The van der Waals surface area contributed by atoms with Crippen LogP contribution in [0.4, 0.5) is 4.39 Å². The van der Waals surface area contributed by atoms with Gasteiger partial charge in [-0.2, -0.15) is 15.6 Å². The first-order chi connectivity index (χ1) is 16.0. The molecule has 0 aromatic heterocycles. The summed E-state index contributed by atoms with van der Waals surface area (Å²) in [7, 11) is 0. The minimum absolute atomic E-state index is 0.120. The zero-order valence-corrected chi connectivity index (χ0v) is 17.7. The van der Waals surface area contributed by atoms with E-state index in [4.69, 9.17) is 14.7 Å². The normalized spacial score (nSPS) is 10.3. The van der Waals surface area contributed by atoms with Crippen LogP contribution in [0.2, 0.25) is 0 Å². The number of halogens is 1. The molecule has 0 saturated heterocycles. The highest BCUT2D eigenvalue weighted by atomic mass is 19.1. The molecule has 8 heteroatoms. The Bertz CT molecular complexity index is 1280. The molecule has 0 saturated carbocycles. The van der Waals surface area contributed by atoms with Crippen molar-refractivity contribution in [3.8, 4) is 23.6 Å². The molecule has 7 nitrogen and oxygen atoms in total. The van der Waals surface area contributed by atoms with E-state index in [0.29, 0.717) is 29.2 Å². The topological polar surface area (TPSA) is 108 Å². The van der Waals surface area contributed by atoms with Crippen molar-refractivity contribution in [2.24, 2.45) is 5.10 Å². The second-order valence-electron chi connectivity index (χ2n) is 6.70. The number of nitriles is 2. The van der Waals surface area contributed by atoms with Gasteiger partial charge in [0.05, 0.1) is 41.7 Å². The fourth-order valence-corrected chi connectivity index (χ4v) is 2.90. The molecule has 164 valence electrons. The van der Waals surface area contributed by atoms with E-state index in [0.717, 1.165) is 11.6 Å². The van der Waals surface area contributed by atoms with Crippen molar-refractivity contribution in [1.29, 1.82) is 10.5 Å². The SMILES string of the molecule is CCOc1cc(C=NNC(=O)c2ccc(C#N)cc2F)ccc1OCc1ccccc1C#N. The van der Waals surface area contributed by atoms with Gasteiger partial charge in [0, 0.05) is 5.56 Å². The van der Waals surface area contributed by atoms with E-state index in [9.17, 15) is 14.4 Å². The summed E-state index contributed by atoms with van der Waals surface area (Å²) in [6.45, 7) is 2.44. The minimum atomic E-state index is -0.806. The minimum Gasteiger partial charge on any atom is -0.490 e. The highest BCUT2D eigenvalue weighted by Gasteiger charge is 2.12. The van der Waals surface area contributed by atoms with Crippen LogP contribution in [0, 0.1) is 28.5 Å². The van der Waals surface area contributed by atoms with E-state index in [1.807, 2.05) is 19.1 Å². The van der Waals surface area contributed by atoms with Crippen LogP contribution in [0.5, 0.6) is 11.5 Å². The zero-order valence-electron chi connectivity index (χ0n) is 17.7. The van der Waals surface area contributed by atoms with E-state index >= 15 is 0 Å². The number of ether oxygens (including phenoxy) is 2. The maximum atomic E-state index is 14.0. The van der Waals surface area contributed by atoms with E-state index in [1.165, 1.54) is 18.3 Å². The molecule has 3 aromatic carbocycles. The highest BCUT2D eigenvalue weighted by molar-refractivity contribution is 5.95. The Balaban J connectivity index is 1.69. The molecule has 1 N–H and O–H groups in total. The number of carbonyl (C=O) groups is 1. The lowest BCUT2D eigenvalue weighted by molar-refractivity contribution is 0.0951. The lowest BCUT2D eigenvalue weighted by Crippen LogP contribution is -2.19. The van der Waals surface area contributed by atoms with Gasteiger partial charge in [0.15, 0.2) is 11.5 Å². The van der Waals surface area contributed by atoms with Crippen LogP contribution in [-0.2, 0) is 6.61 Å². The van der Waals surface area contributed by atoms with Gasteiger partial charge in [0.2, 0.25) is 0 Å². The van der Waals surface area contributed by atoms with E-state index in [2.05, 4.69) is 16.6 Å². The first-order valence-corrected chi connectivity index (χ1v) is 9.96. The monoisotopic (exact) mass is 442 g/mol. The van der Waals surface area contributed by atoms with Crippen molar-refractivity contribution in [1.82, 2.24) is 5.43 Å². The molecule has 0 unspecified atom stereocenters. The van der Waals surface area contributed by atoms with Crippen molar-refractivity contribution < 1.29 is 18.7 Å². The summed E-state index contributed by atoms with van der Waals surface area (Å²) in [4.78, 5) is 12.1. The maximum Gasteiger partial charge on any atom is 0.274 e. The third kappa shape index (κ3) is 5.93. The first-order valence-electron chi connectivity index (χ1n) is 9.96. The molecule has 0 radical (unpaired) electrons. The van der Waals surface area contributed by atoms with Crippen LogP contribution in [0.1, 0.15) is 39.5 Å². The van der Waals surface area contributed by atoms with E-state index in [1.54, 1.807) is 36.4 Å². The number of amides is 1. The zero-order chi connectivity index (χ0) is 23.6. The van der Waals surface area contributed by atoms with Crippen molar-refractivity contribution in [2.75, 3.05) is 6.61 Å². The van der Waals surface area contributed by atoms with Gasteiger partial charge in [-0.05, 0) is 55.0 Å². The lowest BCUT2D eigenvalue weighted by Gasteiger charge is -2.13. The highest BCUT2D eigenvalue weighted by Crippen LogP contribution is 2.29. The maximum absolute atomic E-state index is 14.0. The molecule has 0 aliphatic carbocycles. The van der Waals surface area contributed by atoms with Crippen LogP contribution in [0.15, 0.2) is 65.8 Å². The van der Waals surface area contributed by atoms with Crippen molar-refractivity contribution in [3.05, 3.63) is 94.3 Å². The Morgan fingerprint density at radius 1 is 1.06 bits per heavy atom. The summed E-state index contributed by atoms with van der Waals surface area (Å²) in [5.74, 6) is -0.583. The summed E-state index contributed by atoms with van der Waals surface area (Å²) < 4.78 is 25.4. The molecule has 0 spiro atoms. The lowest BCUT2D eigenvalue weighted by atomic mass is 10.1. The number of rotatable bonds is 8. The molecule has 0 atom stereocenters. The van der Waals surface area contributed by atoms with Gasteiger partial charge in [-0.15, -0.1) is 0 Å². The van der Waals surface area contributed by atoms with Gasteiger partial charge in [0.1, 0.15) is 12.4 Å². The third-order valence-corrected chi connectivity index (χ3v) is 4.51. The molecule has 0 aliphatic rings. The molecular formula is C25H19FN4O3. The smallest absolute Gasteiger partial charge is 0.274 e. The van der Waals surface area contributed by atoms with Gasteiger partial charge >= 0.3 is 0 Å². The quantitative estimate of drug-likeness (QED) is 0.413. The predicted molar refractivity (Wildman–Crippen MR) is 119 cm³/mol. The van der Waals surface area contributed by atoms with Crippen LogP contribution < -0.4 is 14.9 Å². The number of nitrogens with zero attached hydrogens (tertiary/aromatic N) is 3. The number of hydrogen-bond acceptors (Lipinski definition) is 6. The van der Waals surface area contributed by atoms with Crippen LogP contribution in [0.3, 0.4) is 0 Å². The predicted octanol–water partition coefficient (Wildman–Crippen LogP) is 4.31. The molecule has 0 bridgehead atoms. The summed E-state index contributed by atoms with van der Waals surface area (Å²) in [6, 6.07) is 19.8. The van der Waals surface area contributed by atoms with Crippen LogP contribution in [-0.4, -0.2) is 18.7 Å². The van der Waals surface area contributed by atoms with Gasteiger partial charge in [-0.25, -0.2) is 9.82 Å². The molecule has 0 fully saturated rings. The second kappa shape index (κ2) is 11.1. The van der Waals surface area contributed by atoms with Crippen LogP contribution >= 0.6 is 0 Å². The van der Waals surface area contributed by atoms with Gasteiger partial charge in [-0.3, -0.25) is 4.79 Å². The average molecular weight is 442 g/mol. The average Bonchev–Trinajstić information content (AvgIpc) is 2.83. The van der Waals surface area contributed by atoms with Gasteiger partial charge in [-0.1, -0.05) is 18.2 Å². The Kier molecular flexibility index (Phi) is 7.72. The third-order valence-electron chi connectivity index (χ3n) is 4.51. The van der Waals surface area contributed by atoms with Crippen molar-refractivity contribution in [3.63, 3.8) is 0 Å². The number of benzene rings is 3. The molecule has 3 rings (SSSR count). The van der Waals surface area contributed by atoms with E-state index in [-0.39, 0.29) is 17.7 Å². The second-order valence-corrected chi connectivity index (χ2v) is 6.70. The number of hydrogen-bond donors (Lipinski definition) is 1. The Labute approximate surface area is 190 Å². The Morgan fingerprint density at radius 2 is 1.88 bits per heavy atom. The summed E-state index contributed by atoms with van der Waals surface area (Å²) in [6.07, 6.45) is 1.39. The number of hydrazone groups is 1. The number of nitrogens with one attached hydrogen (secondary N) is 1. The fourth-order valence-electron chi connectivity index (χ4n) is 2.90. The molecule has 0 aliphatic heterocycles. The summed E-state index contributed by atoms with van der Waals surface area (Å²) in [5.41, 5.74) is 4.06. The fraction of sp³-hybridized carbons (Fsp3) is 0.120. The molecular weight excluding hydrogens is 423 g/mol. The molecule has 0 heterocycles. The first kappa shape index (κ1) is 23.0. The van der Waals surface area contributed by atoms with Gasteiger partial charge in [0.25, 0.3) is 5.91 Å². The molecule has 3 aromatic rings. The van der Waals surface area contributed by atoms with Gasteiger partial charge < -0.3 is 9.47 Å². The summed E-state index contributed by atoms with van der Waals surface area (Å²) >= 11 is 0. The molecule has 33 heavy (non-hydrogen) atoms. The number of carbonyl (C=O) groups excluding carboxylic acids is 1.